The Labute approximate surface area is 95.5 Å². The van der Waals surface area contributed by atoms with Crippen LogP contribution in [-0.4, -0.2) is 23.5 Å². The largest absolute Gasteiger partial charge is 0.348 e. The first kappa shape index (κ1) is 11.1. The molecule has 0 aliphatic carbocycles. The van der Waals surface area contributed by atoms with Crippen LogP contribution >= 0.6 is 0 Å². The van der Waals surface area contributed by atoms with Crippen molar-refractivity contribution in [1.82, 2.24) is 15.6 Å². The number of pyridine rings is 1. The normalized spacial score (nSPS) is 21.7. The predicted octanol–water partition coefficient (Wildman–Crippen LogP) is 1.01. The number of hydrogen-bond donors (Lipinski definition) is 2. The summed E-state index contributed by atoms with van der Waals surface area (Å²) in [4.78, 5) is 15.9. The van der Waals surface area contributed by atoms with Crippen LogP contribution in [0.3, 0.4) is 0 Å². The number of carbonyl (C=O) groups excluding carboxylic acids is 1. The van der Waals surface area contributed by atoms with Crippen molar-refractivity contribution in [3.8, 4) is 0 Å². The number of rotatable bonds is 3. The zero-order valence-electron chi connectivity index (χ0n) is 9.44. The van der Waals surface area contributed by atoms with Crippen LogP contribution < -0.4 is 10.6 Å². The van der Waals surface area contributed by atoms with Gasteiger partial charge < -0.3 is 10.6 Å². The SMILES string of the molecule is C[C@H](NC(=O)[C@H]1CCCN1)c1cccnc1. The zero-order chi connectivity index (χ0) is 11.4. The molecule has 0 aromatic carbocycles. The Hall–Kier alpha value is -1.42. The minimum Gasteiger partial charge on any atom is -0.348 e. The molecule has 1 aliphatic rings. The fraction of sp³-hybridized carbons (Fsp3) is 0.500. The van der Waals surface area contributed by atoms with E-state index in [0.717, 1.165) is 24.9 Å². The lowest BCUT2D eigenvalue weighted by Gasteiger charge is -2.17. The quantitative estimate of drug-likeness (QED) is 0.797. The van der Waals surface area contributed by atoms with E-state index in [1.165, 1.54) is 0 Å². The van der Waals surface area contributed by atoms with E-state index in [0.29, 0.717) is 0 Å². The first-order valence-corrected chi connectivity index (χ1v) is 5.71. The summed E-state index contributed by atoms with van der Waals surface area (Å²) in [6.45, 7) is 2.92. The predicted molar refractivity (Wildman–Crippen MR) is 61.8 cm³/mol. The Morgan fingerprint density at radius 3 is 3.19 bits per heavy atom. The summed E-state index contributed by atoms with van der Waals surface area (Å²) in [7, 11) is 0. The molecule has 2 rings (SSSR count). The van der Waals surface area contributed by atoms with Crippen molar-refractivity contribution in [3.05, 3.63) is 30.1 Å². The molecule has 1 amide bonds. The van der Waals surface area contributed by atoms with Gasteiger partial charge in [-0.1, -0.05) is 6.07 Å². The summed E-state index contributed by atoms with van der Waals surface area (Å²) in [6, 6.07) is 3.86. The fourth-order valence-electron chi connectivity index (χ4n) is 1.94. The highest BCUT2D eigenvalue weighted by Crippen LogP contribution is 2.12. The van der Waals surface area contributed by atoms with E-state index in [2.05, 4.69) is 15.6 Å². The second-order valence-electron chi connectivity index (χ2n) is 4.17. The van der Waals surface area contributed by atoms with E-state index in [9.17, 15) is 4.79 Å². The van der Waals surface area contributed by atoms with Crippen molar-refractivity contribution >= 4 is 5.91 Å². The third kappa shape index (κ3) is 2.58. The molecule has 86 valence electrons. The third-order valence-electron chi connectivity index (χ3n) is 2.92. The van der Waals surface area contributed by atoms with Gasteiger partial charge in [-0.05, 0) is 37.9 Å². The highest BCUT2D eigenvalue weighted by molar-refractivity contribution is 5.82. The number of aromatic nitrogens is 1. The molecular weight excluding hydrogens is 202 g/mol. The summed E-state index contributed by atoms with van der Waals surface area (Å²) < 4.78 is 0. The van der Waals surface area contributed by atoms with Gasteiger partial charge in [0.25, 0.3) is 0 Å². The number of carbonyl (C=O) groups is 1. The van der Waals surface area contributed by atoms with Crippen molar-refractivity contribution in [2.75, 3.05) is 6.54 Å². The monoisotopic (exact) mass is 219 g/mol. The van der Waals surface area contributed by atoms with Crippen LogP contribution in [0.4, 0.5) is 0 Å². The van der Waals surface area contributed by atoms with E-state index >= 15 is 0 Å². The molecule has 2 heterocycles. The van der Waals surface area contributed by atoms with Crippen LogP contribution in [0.25, 0.3) is 0 Å². The molecule has 0 unspecified atom stereocenters. The Balaban J connectivity index is 1.92. The maximum atomic E-state index is 11.8. The van der Waals surface area contributed by atoms with Crippen molar-refractivity contribution < 1.29 is 4.79 Å². The Morgan fingerprint density at radius 2 is 2.56 bits per heavy atom. The topological polar surface area (TPSA) is 54.0 Å². The molecule has 2 atom stereocenters. The van der Waals surface area contributed by atoms with Gasteiger partial charge in [-0.3, -0.25) is 9.78 Å². The number of amides is 1. The van der Waals surface area contributed by atoms with Crippen LogP contribution in [0.2, 0.25) is 0 Å². The molecule has 1 aliphatic heterocycles. The standard InChI is InChI=1S/C12H17N3O/c1-9(10-4-2-6-13-8-10)15-12(16)11-5-3-7-14-11/h2,4,6,8-9,11,14H,3,5,7H2,1H3,(H,15,16)/t9-,11+/m0/s1. The van der Waals surface area contributed by atoms with Crippen molar-refractivity contribution in [1.29, 1.82) is 0 Å². The Morgan fingerprint density at radius 1 is 1.69 bits per heavy atom. The minimum absolute atomic E-state index is 0.0147. The first-order chi connectivity index (χ1) is 7.77. The van der Waals surface area contributed by atoms with E-state index in [1.54, 1.807) is 12.4 Å². The lowest BCUT2D eigenvalue weighted by atomic mass is 10.1. The smallest absolute Gasteiger partial charge is 0.237 e. The summed E-state index contributed by atoms with van der Waals surface area (Å²) in [5.41, 5.74) is 1.04. The van der Waals surface area contributed by atoms with Crippen molar-refractivity contribution in [2.24, 2.45) is 0 Å². The van der Waals surface area contributed by atoms with Crippen molar-refractivity contribution in [2.45, 2.75) is 31.8 Å². The third-order valence-corrected chi connectivity index (χ3v) is 2.92. The van der Waals surface area contributed by atoms with Gasteiger partial charge in [-0.25, -0.2) is 0 Å². The molecule has 4 heteroatoms. The van der Waals surface area contributed by atoms with Crippen LogP contribution in [0, 0.1) is 0 Å². The highest BCUT2D eigenvalue weighted by Gasteiger charge is 2.23. The second kappa shape index (κ2) is 5.07. The zero-order valence-corrected chi connectivity index (χ0v) is 9.44. The molecule has 0 bridgehead atoms. The van der Waals surface area contributed by atoms with Crippen molar-refractivity contribution in [3.63, 3.8) is 0 Å². The highest BCUT2D eigenvalue weighted by atomic mass is 16.2. The molecule has 1 aromatic rings. The van der Waals surface area contributed by atoms with Crippen LogP contribution in [0.1, 0.15) is 31.4 Å². The van der Waals surface area contributed by atoms with Gasteiger partial charge in [0, 0.05) is 12.4 Å². The summed E-state index contributed by atoms with van der Waals surface area (Å²) in [5.74, 6) is 0.0915. The van der Waals surface area contributed by atoms with Gasteiger partial charge in [0.05, 0.1) is 12.1 Å². The van der Waals surface area contributed by atoms with E-state index in [4.69, 9.17) is 0 Å². The molecule has 1 fully saturated rings. The molecule has 0 radical (unpaired) electrons. The molecular formula is C12H17N3O. The molecule has 2 N–H and O–H groups in total. The molecule has 0 spiro atoms. The second-order valence-corrected chi connectivity index (χ2v) is 4.17. The van der Waals surface area contributed by atoms with Gasteiger partial charge in [0.15, 0.2) is 0 Å². The minimum atomic E-state index is -0.0147. The summed E-state index contributed by atoms with van der Waals surface area (Å²) >= 11 is 0. The average molecular weight is 219 g/mol. The number of nitrogens with one attached hydrogen (secondary N) is 2. The molecule has 1 aromatic heterocycles. The van der Waals surface area contributed by atoms with E-state index in [-0.39, 0.29) is 18.0 Å². The number of nitrogens with zero attached hydrogens (tertiary/aromatic N) is 1. The van der Waals surface area contributed by atoms with E-state index < -0.39 is 0 Å². The maximum absolute atomic E-state index is 11.8. The lowest BCUT2D eigenvalue weighted by Crippen LogP contribution is -2.41. The Kier molecular flexibility index (Phi) is 3.51. The summed E-state index contributed by atoms with van der Waals surface area (Å²) in [6.07, 6.45) is 5.54. The number of hydrogen-bond acceptors (Lipinski definition) is 3. The molecule has 16 heavy (non-hydrogen) atoms. The lowest BCUT2D eigenvalue weighted by molar-refractivity contribution is -0.123. The Bertz CT molecular complexity index is 347. The summed E-state index contributed by atoms with van der Waals surface area (Å²) in [5, 5.41) is 6.18. The first-order valence-electron chi connectivity index (χ1n) is 5.71. The maximum Gasteiger partial charge on any atom is 0.237 e. The average Bonchev–Trinajstić information content (AvgIpc) is 2.83. The van der Waals surface area contributed by atoms with Gasteiger partial charge in [0.1, 0.15) is 0 Å². The van der Waals surface area contributed by atoms with Crippen LogP contribution in [0.15, 0.2) is 24.5 Å². The van der Waals surface area contributed by atoms with Gasteiger partial charge >= 0.3 is 0 Å². The van der Waals surface area contributed by atoms with Gasteiger partial charge in [-0.15, -0.1) is 0 Å². The van der Waals surface area contributed by atoms with Crippen LogP contribution in [-0.2, 0) is 4.79 Å². The fourth-order valence-corrected chi connectivity index (χ4v) is 1.94. The van der Waals surface area contributed by atoms with Gasteiger partial charge in [-0.2, -0.15) is 0 Å². The van der Waals surface area contributed by atoms with Crippen LogP contribution in [0.5, 0.6) is 0 Å². The molecule has 4 nitrogen and oxygen atoms in total. The molecule has 1 saturated heterocycles. The molecule has 0 saturated carbocycles. The van der Waals surface area contributed by atoms with E-state index in [1.807, 2.05) is 19.1 Å². The van der Waals surface area contributed by atoms with Gasteiger partial charge in [0.2, 0.25) is 5.91 Å².